The molecule has 19 heavy (non-hydrogen) atoms. The molecule has 0 aromatic heterocycles. The Balaban J connectivity index is 1.85. The van der Waals surface area contributed by atoms with Gasteiger partial charge in [-0.1, -0.05) is 29.3 Å². The summed E-state index contributed by atoms with van der Waals surface area (Å²) in [7, 11) is 0. The monoisotopic (exact) mass is 302 g/mol. The smallest absolute Gasteiger partial charge is 0.317 e. The molecule has 1 aliphatic rings. The minimum absolute atomic E-state index is 0.141. The number of nitrogens with one attached hydrogen (secondary N) is 1. The van der Waals surface area contributed by atoms with Gasteiger partial charge in [-0.05, 0) is 24.6 Å². The molecular formula is C13H16Cl2N2O2. The number of hydrogen-bond acceptors (Lipinski definition) is 2. The molecule has 1 aliphatic heterocycles. The van der Waals surface area contributed by atoms with Crippen molar-refractivity contribution in [2.24, 2.45) is 0 Å². The normalized spacial score (nSPS) is 16.9. The number of urea groups is 1. The fourth-order valence-electron chi connectivity index (χ4n) is 1.97. The van der Waals surface area contributed by atoms with Crippen LogP contribution in [0.2, 0.25) is 10.0 Å². The maximum atomic E-state index is 11.7. The van der Waals surface area contributed by atoms with E-state index >= 15 is 0 Å². The minimum Gasteiger partial charge on any atom is -0.392 e. The maximum Gasteiger partial charge on any atom is 0.317 e. The van der Waals surface area contributed by atoms with Gasteiger partial charge >= 0.3 is 6.03 Å². The summed E-state index contributed by atoms with van der Waals surface area (Å²) >= 11 is 11.8. The second-order valence-corrected chi connectivity index (χ2v) is 5.62. The third-order valence-electron chi connectivity index (χ3n) is 3.13. The van der Waals surface area contributed by atoms with Crippen LogP contribution in [0.1, 0.15) is 18.4 Å². The van der Waals surface area contributed by atoms with Crippen LogP contribution in [0.15, 0.2) is 18.2 Å². The van der Waals surface area contributed by atoms with E-state index in [1.807, 2.05) is 12.1 Å². The van der Waals surface area contributed by atoms with Crippen LogP contribution in [0.3, 0.4) is 0 Å². The van der Waals surface area contributed by atoms with Crippen molar-refractivity contribution in [3.05, 3.63) is 33.8 Å². The zero-order chi connectivity index (χ0) is 14.0. The fourth-order valence-corrected chi connectivity index (χ4v) is 2.27. The Morgan fingerprint density at radius 3 is 2.74 bits per heavy atom. The first-order valence-electron chi connectivity index (χ1n) is 6.13. The summed E-state index contributed by atoms with van der Waals surface area (Å²) in [6.07, 6.45) is -0.531. The van der Waals surface area contributed by atoms with Crippen molar-refractivity contribution < 1.29 is 9.90 Å². The summed E-state index contributed by atoms with van der Waals surface area (Å²) in [5.74, 6) is 0.298. The van der Waals surface area contributed by atoms with Crippen molar-refractivity contribution in [1.82, 2.24) is 10.2 Å². The van der Waals surface area contributed by atoms with E-state index in [-0.39, 0.29) is 12.6 Å². The van der Waals surface area contributed by atoms with Gasteiger partial charge in [0, 0.05) is 25.6 Å². The van der Waals surface area contributed by atoms with Crippen molar-refractivity contribution in [1.29, 1.82) is 0 Å². The topological polar surface area (TPSA) is 52.6 Å². The van der Waals surface area contributed by atoms with E-state index in [1.54, 1.807) is 17.9 Å². The summed E-state index contributed by atoms with van der Waals surface area (Å²) in [6.45, 7) is 3.22. The summed E-state index contributed by atoms with van der Waals surface area (Å²) < 4.78 is 0. The van der Waals surface area contributed by atoms with Gasteiger partial charge in [-0.3, -0.25) is 0 Å². The zero-order valence-corrected chi connectivity index (χ0v) is 12.1. The summed E-state index contributed by atoms with van der Waals surface area (Å²) in [5, 5.41) is 12.8. The number of hydrogen-bond donors (Lipinski definition) is 2. The van der Waals surface area contributed by atoms with Crippen LogP contribution >= 0.6 is 23.2 Å². The van der Waals surface area contributed by atoms with E-state index in [4.69, 9.17) is 28.3 Å². The molecule has 2 N–H and O–H groups in total. The molecule has 6 heteroatoms. The van der Waals surface area contributed by atoms with Crippen LogP contribution in [0.25, 0.3) is 0 Å². The molecule has 1 aromatic rings. The highest BCUT2D eigenvalue weighted by atomic mass is 35.5. The van der Waals surface area contributed by atoms with Gasteiger partial charge < -0.3 is 15.3 Å². The minimum atomic E-state index is -0.531. The molecule has 0 unspecified atom stereocenters. The molecule has 1 fully saturated rings. The van der Waals surface area contributed by atoms with Crippen LogP contribution in [-0.2, 0) is 0 Å². The number of carbonyl (C=O) groups excluding carboxylic acids is 1. The van der Waals surface area contributed by atoms with Crippen LogP contribution in [-0.4, -0.2) is 41.8 Å². The summed E-state index contributed by atoms with van der Waals surface area (Å²) in [5.41, 5.74) is 1.09. The Morgan fingerprint density at radius 2 is 2.16 bits per heavy atom. The lowest BCUT2D eigenvalue weighted by Crippen LogP contribution is -2.53. The lowest BCUT2D eigenvalue weighted by atomic mass is 9.92. The van der Waals surface area contributed by atoms with E-state index in [0.717, 1.165) is 5.56 Å². The highest BCUT2D eigenvalue weighted by Crippen LogP contribution is 2.31. The number of carbonyl (C=O) groups is 1. The second kappa shape index (κ2) is 5.99. The van der Waals surface area contributed by atoms with Gasteiger partial charge in [-0.15, -0.1) is 0 Å². The number of aliphatic hydroxyl groups excluding tert-OH is 1. The molecule has 104 valence electrons. The standard InChI is InChI=1S/C13H16Cl2N2O2/c1-8(18)5-16-13(19)17-6-10(7-17)9-2-3-11(14)12(15)4-9/h2-4,8,10,18H,5-7H2,1H3,(H,16,19)/t8-/m1/s1. The molecular weight excluding hydrogens is 287 g/mol. The number of amides is 2. The van der Waals surface area contributed by atoms with Gasteiger partial charge in [-0.2, -0.15) is 0 Å². The summed E-state index contributed by atoms with van der Waals surface area (Å²) in [6, 6.07) is 5.41. The number of nitrogens with zero attached hydrogens (tertiary/aromatic N) is 1. The van der Waals surface area contributed by atoms with E-state index in [0.29, 0.717) is 29.1 Å². The van der Waals surface area contributed by atoms with Gasteiger partial charge in [-0.25, -0.2) is 4.79 Å². The SMILES string of the molecule is C[C@@H](O)CNC(=O)N1CC(c2ccc(Cl)c(Cl)c2)C1. The van der Waals surface area contributed by atoms with Gasteiger partial charge in [0.1, 0.15) is 0 Å². The molecule has 0 saturated carbocycles. The summed E-state index contributed by atoms with van der Waals surface area (Å²) in [4.78, 5) is 13.4. The Kier molecular flexibility index (Phi) is 4.55. The van der Waals surface area contributed by atoms with Gasteiger partial charge in [0.15, 0.2) is 0 Å². The average molecular weight is 303 g/mol. The third kappa shape index (κ3) is 3.53. The first-order chi connectivity index (χ1) is 8.97. The van der Waals surface area contributed by atoms with Crippen LogP contribution in [0, 0.1) is 0 Å². The predicted molar refractivity (Wildman–Crippen MR) is 75.9 cm³/mol. The van der Waals surface area contributed by atoms with Gasteiger partial charge in [0.25, 0.3) is 0 Å². The van der Waals surface area contributed by atoms with Crippen molar-refractivity contribution in [3.8, 4) is 0 Å². The Bertz CT molecular complexity index is 474. The number of rotatable bonds is 3. The van der Waals surface area contributed by atoms with Crippen molar-refractivity contribution >= 4 is 29.2 Å². The molecule has 1 heterocycles. The number of benzene rings is 1. The number of aliphatic hydroxyl groups is 1. The highest BCUT2D eigenvalue weighted by Gasteiger charge is 2.31. The maximum absolute atomic E-state index is 11.7. The first kappa shape index (κ1) is 14.4. The van der Waals surface area contributed by atoms with Gasteiger partial charge in [0.2, 0.25) is 0 Å². The molecule has 2 amide bonds. The molecule has 0 aliphatic carbocycles. The van der Waals surface area contributed by atoms with Crippen LogP contribution in [0.4, 0.5) is 4.79 Å². The van der Waals surface area contributed by atoms with Crippen molar-refractivity contribution in [3.63, 3.8) is 0 Å². The molecule has 0 bridgehead atoms. The molecule has 4 nitrogen and oxygen atoms in total. The second-order valence-electron chi connectivity index (χ2n) is 4.81. The van der Waals surface area contributed by atoms with Crippen LogP contribution < -0.4 is 5.32 Å². The lowest BCUT2D eigenvalue weighted by molar-refractivity contribution is 0.141. The quantitative estimate of drug-likeness (QED) is 0.901. The highest BCUT2D eigenvalue weighted by molar-refractivity contribution is 6.42. The molecule has 2 rings (SSSR count). The first-order valence-corrected chi connectivity index (χ1v) is 6.88. The molecule has 1 atom stereocenters. The predicted octanol–water partition coefficient (Wildman–Crippen LogP) is 2.48. The number of halogens is 2. The Labute approximate surface area is 122 Å². The largest absolute Gasteiger partial charge is 0.392 e. The zero-order valence-electron chi connectivity index (χ0n) is 10.6. The fraction of sp³-hybridized carbons (Fsp3) is 0.462. The van der Waals surface area contributed by atoms with E-state index < -0.39 is 6.10 Å². The van der Waals surface area contributed by atoms with E-state index in [9.17, 15) is 4.79 Å². The Morgan fingerprint density at radius 1 is 1.47 bits per heavy atom. The average Bonchev–Trinajstić information content (AvgIpc) is 2.29. The van der Waals surface area contributed by atoms with Crippen molar-refractivity contribution in [2.45, 2.75) is 18.9 Å². The Hall–Kier alpha value is -0.970. The third-order valence-corrected chi connectivity index (χ3v) is 3.87. The van der Waals surface area contributed by atoms with E-state index in [1.165, 1.54) is 0 Å². The molecule has 0 spiro atoms. The van der Waals surface area contributed by atoms with Gasteiger partial charge in [0.05, 0.1) is 16.1 Å². The van der Waals surface area contributed by atoms with E-state index in [2.05, 4.69) is 5.32 Å². The molecule has 0 radical (unpaired) electrons. The van der Waals surface area contributed by atoms with Crippen LogP contribution in [0.5, 0.6) is 0 Å². The van der Waals surface area contributed by atoms with Crippen molar-refractivity contribution in [2.75, 3.05) is 19.6 Å². The molecule has 1 aromatic carbocycles. The lowest BCUT2D eigenvalue weighted by Gasteiger charge is -2.39. The number of likely N-dealkylation sites (tertiary alicyclic amines) is 1. The molecule has 1 saturated heterocycles.